The first-order valence-electron chi connectivity index (χ1n) is 6.63. The summed E-state index contributed by atoms with van der Waals surface area (Å²) in [7, 11) is 0. The lowest BCUT2D eigenvalue weighted by molar-refractivity contribution is 0.0696. The van der Waals surface area contributed by atoms with Crippen LogP contribution in [-0.4, -0.2) is 22.2 Å². The summed E-state index contributed by atoms with van der Waals surface area (Å²) >= 11 is 0. The molecule has 2 aromatic rings. The zero-order valence-corrected chi connectivity index (χ0v) is 11.4. The van der Waals surface area contributed by atoms with Crippen molar-refractivity contribution >= 4 is 16.9 Å². The fraction of sp³-hybridized carbons (Fsp3) is 0.333. The monoisotopic (exact) mass is 277 g/mol. The summed E-state index contributed by atoms with van der Waals surface area (Å²) < 4.78 is 18.7. The van der Waals surface area contributed by atoms with Crippen molar-refractivity contribution in [1.29, 1.82) is 0 Å². The lowest BCUT2D eigenvalue weighted by Crippen LogP contribution is -2.02. The van der Waals surface area contributed by atoms with Crippen molar-refractivity contribution in [3.05, 3.63) is 35.8 Å². The van der Waals surface area contributed by atoms with E-state index >= 15 is 0 Å². The number of hydrogen-bond acceptors (Lipinski definition) is 3. The Hall–Kier alpha value is -2.17. The minimum Gasteiger partial charge on any atom is -0.488 e. The van der Waals surface area contributed by atoms with Crippen LogP contribution in [0.15, 0.2) is 24.4 Å². The maximum Gasteiger partial charge on any atom is 0.335 e. The highest BCUT2D eigenvalue weighted by Gasteiger charge is 2.25. The van der Waals surface area contributed by atoms with Gasteiger partial charge >= 0.3 is 5.97 Å². The predicted molar refractivity (Wildman–Crippen MR) is 73.7 cm³/mol. The molecule has 0 radical (unpaired) electrons. The normalized spacial score (nSPS) is 13.6. The molecule has 0 amide bonds. The van der Waals surface area contributed by atoms with Crippen molar-refractivity contribution in [3.8, 4) is 5.75 Å². The van der Waals surface area contributed by atoms with E-state index in [1.165, 1.54) is 18.2 Å². The van der Waals surface area contributed by atoms with Crippen LogP contribution in [0.25, 0.3) is 10.9 Å². The van der Waals surface area contributed by atoms with E-state index in [-0.39, 0.29) is 11.7 Å². The van der Waals surface area contributed by atoms with E-state index in [9.17, 15) is 9.18 Å². The third-order valence-electron chi connectivity index (χ3n) is 2.78. The minimum atomic E-state index is -1.07. The minimum absolute atomic E-state index is 0.0746. The molecule has 0 saturated heterocycles. The molecule has 0 spiro atoms. The van der Waals surface area contributed by atoms with Gasteiger partial charge < -0.3 is 9.84 Å². The second-order valence-corrected chi connectivity index (χ2v) is 4.32. The Labute approximate surface area is 116 Å². The molecule has 20 heavy (non-hydrogen) atoms. The van der Waals surface area contributed by atoms with Gasteiger partial charge in [-0.1, -0.05) is 13.8 Å². The number of benzene rings is 1. The summed E-state index contributed by atoms with van der Waals surface area (Å²) in [6, 6.07) is 4.09. The summed E-state index contributed by atoms with van der Waals surface area (Å²) in [4.78, 5) is 15.0. The smallest absolute Gasteiger partial charge is 0.335 e. The Balaban J connectivity index is 0.000000704. The Bertz CT molecular complexity index is 638. The lowest BCUT2D eigenvalue weighted by Gasteiger charge is -2.09. The molecule has 106 valence electrons. The van der Waals surface area contributed by atoms with Crippen LogP contribution in [0, 0.1) is 5.82 Å². The molecule has 1 fully saturated rings. The quantitative estimate of drug-likeness (QED) is 0.930. The molecule has 1 aromatic carbocycles. The average molecular weight is 277 g/mol. The number of aromatic carboxylic acids is 1. The number of aromatic nitrogens is 1. The van der Waals surface area contributed by atoms with Gasteiger partial charge in [0.25, 0.3) is 0 Å². The molecule has 4 nitrogen and oxygen atoms in total. The molecule has 1 heterocycles. The number of nitrogens with zero attached hydrogens (tertiary/aromatic N) is 1. The van der Waals surface area contributed by atoms with Crippen LogP contribution in [0.2, 0.25) is 0 Å². The standard InChI is InChI=1S/C13H10FNO3.C2H6/c14-9-4-7-3-8(13(16)17)5-11(12(7)15-6-9)18-10-1-2-10;1-2/h3-6,10H,1-2H2,(H,16,17);1-2H3. The van der Waals surface area contributed by atoms with Gasteiger partial charge in [-0.2, -0.15) is 0 Å². The van der Waals surface area contributed by atoms with Crippen molar-refractivity contribution in [2.75, 3.05) is 0 Å². The van der Waals surface area contributed by atoms with Crippen molar-refractivity contribution < 1.29 is 19.0 Å². The van der Waals surface area contributed by atoms with E-state index in [4.69, 9.17) is 9.84 Å². The molecule has 5 heteroatoms. The molecule has 0 atom stereocenters. The van der Waals surface area contributed by atoms with Crippen LogP contribution >= 0.6 is 0 Å². The zero-order valence-electron chi connectivity index (χ0n) is 11.4. The third-order valence-corrected chi connectivity index (χ3v) is 2.78. The molecule has 0 unspecified atom stereocenters. The number of ether oxygens (including phenoxy) is 1. The number of carbonyl (C=O) groups is 1. The molecular weight excluding hydrogens is 261 g/mol. The van der Waals surface area contributed by atoms with Gasteiger partial charge in [0.05, 0.1) is 17.9 Å². The molecule has 1 aliphatic carbocycles. The second kappa shape index (κ2) is 5.86. The number of halogens is 1. The summed E-state index contributed by atoms with van der Waals surface area (Å²) in [5, 5.41) is 9.45. The Morgan fingerprint density at radius 1 is 1.35 bits per heavy atom. The number of rotatable bonds is 3. The van der Waals surface area contributed by atoms with Gasteiger partial charge in [-0.3, -0.25) is 0 Å². The van der Waals surface area contributed by atoms with E-state index < -0.39 is 11.8 Å². The van der Waals surface area contributed by atoms with Crippen LogP contribution < -0.4 is 4.74 Å². The molecule has 1 aliphatic rings. The topological polar surface area (TPSA) is 59.4 Å². The maximum absolute atomic E-state index is 13.1. The Kier molecular flexibility index (Phi) is 4.17. The summed E-state index contributed by atoms with van der Waals surface area (Å²) in [5.41, 5.74) is 0.568. The average Bonchev–Trinajstić information content (AvgIpc) is 3.24. The SMILES string of the molecule is CC.O=C(O)c1cc(OC2CC2)c2ncc(F)cc2c1. The highest BCUT2D eigenvalue weighted by molar-refractivity contribution is 5.96. The van der Waals surface area contributed by atoms with Crippen molar-refractivity contribution in [1.82, 2.24) is 4.98 Å². The van der Waals surface area contributed by atoms with Gasteiger partial charge in [0, 0.05) is 5.39 Å². The van der Waals surface area contributed by atoms with Crippen molar-refractivity contribution in [3.63, 3.8) is 0 Å². The molecular formula is C15H16FNO3. The number of fused-ring (bicyclic) bond motifs is 1. The van der Waals surface area contributed by atoms with Crippen LogP contribution in [0.1, 0.15) is 37.0 Å². The van der Waals surface area contributed by atoms with Crippen LogP contribution in [0.3, 0.4) is 0 Å². The molecule has 0 bridgehead atoms. The largest absolute Gasteiger partial charge is 0.488 e. The molecule has 1 N–H and O–H groups in total. The molecule has 1 saturated carbocycles. The molecule has 1 aromatic heterocycles. The van der Waals surface area contributed by atoms with Crippen molar-refractivity contribution in [2.24, 2.45) is 0 Å². The third kappa shape index (κ3) is 3.04. The van der Waals surface area contributed by atoms with Gasteiger partial charge in [0.1, 0.15) is 17.1 Å². The van der Waals surface area contributed by atoms with E-state index in [1.807, 2.05) is 13.8 Å². The summed E-state index contributed by atoms with van der Waals surface area (Å²) in [6.07, 6.45) is 3.15. The number of carboxylic acids is 1. The van der Waals surface area contributed by atoms with Crippen LogP contribution in [0.4, 0.5) is 4.39 Å². The molecule has 0 aliphatic heterocycles. The number of pyridine rings is 1. The van der Waals surface area contributed by atoms with Gasteiger partial charge in [0.2, 0.25) is 0 Å². The first kappa shape index (κ1) is 14.2. The van der Waals surface area contributed by atoms with E-state index in [0.717, 1.165) is 19.0 Å². The van der Waals surface area contributed by atoms with Crippen molar-refractivity contribution in [2.45, 2.75) is 32.8 Å². The van der Waals surface area contributed by atoms with Gasteiger partial charge in [0.15, 0.2) is 0 Å². The van der Waals surface area contributed by atoms with Gasteiger partial charge in [-0.05, 0) is 31.0 Å². The highest BCUT2D eigenvalue weighted by Crippen LogP contribution is 2.32. The first-order valence-corrected chi connectivity index (χ1v) is 6.63. The zero-order chi connectivity index (χ0) is 14.7. The summed E-state index contributed by atoms with van der Waals surface area (Å²) in [6.45, 7) is 4.00. The van der Waals surface area contributed by atoms with Gasteiger partial charge in [-0.15, -0.1) is 0 Å². The Morgan fingerprint density at radius 3 is 2.65 bits per heavy atom. The Morgan fingerprint density at radius 2 is 2.05 bits per heavy atom. The fourth-order valence-electron chi connectivity index (χ4n) is 1.77. The number of carboxylic acid groups (broad SMARTS) is 1. The summed E-state index contributed by atoms with van der Waals surface area (Å²) in [5.74, 6) is -1.16. The second-order valence-electron chi connectivity index (χ2n) is 4.32. The van der Waals surface area contributed by atoms with E-state index in [0.29, 0.717) is 16.7 Å². The van der Waals surface area contributed by atoms with E-state index in [2.05, 4.69) is 4.98 Å². The first-order chi connectivity index (χ1) is 9.63. The van der Waals surface area contributed by atoms with Crippen LogP contribution in [-0.2, 0) is 0 Å². The van der Waals surface area contributed by atoms with Crippen LogP contribution in [0.5, 0.6) is 5.75 Å². The number of hydrogen-bond donors (Lipinski definition) is 1. The highest BCUT2D eigenvalue weighted by atomic mass is 19.1. The molecule has 3 rings (SSSR count). The predicted octanol–water partition coefficient (Wildman–Crippen LogP) is 3.64. The van der Waals surface area contributed by atoms with E-state index in [1.54, 1.807) is 0 Å². The lowest BCUT2D eigenvalue weighted by atomic mass is 10.1. The maximum atomic E-state index is 13.1. The fourth-order valence-corrected chi connectivity index (χ4v) is 1.77. The van der Waals surface area contributed by atoms with Gasteiger partial charge in [-0.25, -0.2) is 14.2 Å².